The second-order valence-corrected chi connectivity index (χ2v) is 11.7. The van der Waals surface area contributed by atoms with Gasteiger partial charge in [0.25, 0.3) is 11.8 Å². The number of amides is 2. The summed E-state index contributed by atoms with van der Waals surface area (Å²) in [6.45, 7) is 1.26. The van der Waals surface area contributed by atoms with Crippen LogP contribution in [0.2, 0.25) is 0 Å². The Labute approximate surface area is 248 Å². The number of nitrogens with zero attached hydrogens (tertiary/aromatic N) is 3. The van der Waals surface area contributed by atoms with Gasteiger partial charge in [0.2, 0.25) is 0 Å². The number of aromatic nitrogens is 1. The molecule has 3 aromatic carbocycles. The van der Waals surface area contributed by atoms with E-state index >= 15 is 0 Å². The number of carbonyl (C=O) groups is 2. The fourth-order valence-electron chi connectivity index (χ4n) is 6.10. The average Bonchev–Trinajstić information content (AvgIpc) is 3.57. The van der Waals surface area contributed by atoms with Crippen LogP contribution < -0.4 is 9.62 Å². The number of halogens is 1. The third kappa shape index (κ3) is 4.81. The molecule has 0 radical (unpaired) electrons. The van der Waals surface area contributed by atoms with Crippen LogP contribution in [0.3, 0.4) is 0 Å². The number of benzene rings is 3. The fourth-order valence-corrected chi connectivity index (χ4v) is 6.45. The van der Waals surface area contributed by atoms with Gasteiger partial charge in [-0.15, -0.1) is 0 Å². The van der Waals surface area contributed by atoms with Crippen LogP contribution in [-0.2, 0) is 7.05 Å². The van der Waals surface area contributed by atoms with Gasteiger partial charge in [-0.25, -0.2) is 4.39 Å². The average molecular weight is 585 g/mol. The van der Waals surface area contributed by atoms with Gasteiger partial charge in [0.15, 0.2) is 0 Å². The van der Waals surface area contributed by atoms with Crippen LogP contribution in [0.1, 0.15) is 45.0 Å². The van der Waals surface area contributed by atoms with E-state index in [2.05, 4.69) is 15.7 Å². The number of carbonyl (C=O) groups excluding carboxylic acids is 2. The van der Waals surface area contributed by atoms with Gasteiger partial charge in [0, 0.05) is 80.5 Å². The molecule has 3 heterocycles. The summed E-state index contributed by atoms with van der Waals surface area (Å²) in [5.41, 5.74) is 5.39. The molecule has 1 aliphatic rings. The highest BCUT2D eigenvalue weighted by Gasteiger charge is 2.31. The zero-order valence-corrected chi connectivity index (χ0v) is 24.9. The van der Waals surface area contributed by atoms with E-state index in [4.69, 9.17) is 4.42 Å². The molecule has 216 valence electrons. The first-order chi connectivity index (χ1) is 20.3. The molecule has 0 bridgehead atoms. The van der Waals surface area contributed by atoms with Crippen molar-refractivity contribution in [3.8, 4) is 11.3 Å². The van der Waals surface area contributed by atoms with Crippen LogP contribution in [-0.4, -0.2) is 54.7 Å². The van der Waals surface area contributed by atoms with E-state index in [0.29, 0.717) is 46.5 Å². The van der Waals surface area contributed by atoms with Gasteiger partial charge in [-0.2, -0.15) is 0 Å². The third-order valence-electron chi connectivity index (χ3n) is 8.29. The lowest BCUT2D eigenvalue weighted by Gasteiger charge is -2.35. The molecule has 1 unspecified atom stereocenters. The van der Waals surface area contributed by atoms with E-state index < -0.39 is 0 Å². The van der Waals surface area contributed by atoms with Gasteiger partial charge >= 0.3 is 0 Å². The lowest BCUT2D eigenvalue weighted by molar-refractivity contribution is 0.0709. The minimum Gasteiger partial charge on any atom is -0.455 e. The molecular formula is C33H33FN4O3S. The molecule has 9 heteroatoms. The predicted octanol–water partition coefficient (Wildman–Crippen LogP) is 6.82. The monoisotopic (exact) mass is 584 g/mol. The Morgan fingerprint density at radius 2 is 1.86 bits per heavy atom. The smallest absolute Gasteiger partial charge is 0.256 e. The van der Waals surface area contributed by atoms with Gasteiger partial charge in [-0.05, 0) is 54.8 Å². The number of aryl methyl sites for hydroxylation is 1. The SMILES string of the molecule is CNC(=O)c1c(-c2ccc(F)cc2)oc2cc(N(C)SC)c(C3CCCN(C(=O)c4cn(C)c5ccccc45)C3)cc12. The Morgan fingerprint density at radius 3 is 2.60 bits per heavy atom. The van der Waals surface area contributed by atoms with Gasteiger partial charge in [-0.1, -0.05) is 30.1 Å². The summed E-state index contributed by atoms with van der Waals surface area (Å²) in [4.78, 5) is 29.0. The summed E-state index contributed by atoms with van der Waals surface area (Å²) in [6.07, 6.45) is 5.72. The number of hydrogen-bond acceptors (Lipinski definition) is 5. The topological polar surface area (TPSA) is 70.7 Å². The maximum Gasteiger partial charge on any atom is 0.256 e. The number of para-hydroxylation sites is 1. The zero-order chi connectivity index (χ0) is 29.5. The van der Waals surface area contributed by atoms with Crippen LogP contribution in [0.4, 0.5) is 10.1 Å². The van der Waals surface area contributed by atoms with Crippen molar-refractivity contribution in [2.24, 2.45) is 7.05 Å². The summed E-state index contributed by atoms with van der Waals surface area (Å²) < 4.78 is 24.1. The molecule has 42 heavy (non-hydrogen) atoms. The molecule has 1 atom stereocenters. The van der Waals surface area contributed by atoms with Crippen molar-refractivity contribution in [1.82, 2.24) is 14.8 Å². The maximum atomic E-state index is 13.9. The number of piperidine rings is 1. The molecule has 1 N–H and O–H groups in total. The molecule has 1 aliphatic heterocycles. The number of hydrogen-bond donors (Lipinski definition) is 1. The predicted molar refractivity (Wildman–Crippen MR) is 168 cm³/mol. The Balaban J connectivity index is 1.44. The van der Waals surface area contributed by atoms with Crippen molar-refractivity contribution in [1.29, 1.82) is 0 Å². The lowest BCUT2D eigenvalue weighted by Crippen LogP contribution is -2.39. The van der Waals surface area contributed by atoms with Crippen molar-refractivity contribution in [2.75, 3.05) is 37.7 Å². The molecule has 1 fully saturated rings. The number of fused-ring (bicyclic) bond motifs is 2. The lowest BCUT2D eigenvalue weighted by atomic mass is 9.87. The summed E-state index contributed by atoms with van der Waals surface area (Å²) in [5, 5.41) is 4.39. The fraction of sp³-hybridized carbons (Fsp3) is 0.273. The highest BCUT2D eigenvalue weighted by molar-refractivity contribution is 7.99. The quantitative estimate of drug-likeness (QED) is 0.222. The Kier molecular flexibility index (Phi) is 7.45. The molecule has 2 amide bonds. The van der Waals surface area contributed by atoms with Crippen LogP contribution in [0, 0.1) is 5.82 Å². The number of rotatable bonds is 6. The Hall–Kier alpha value is -4.24. The van der Waals surface area contributed by atoms with Crippen molar-refractivity contribution in [3.63, 3.8) is 0 Å². The molecule has 7 nitrogen and oxygen atoms in total. The minimum absolute atomic E-state index is 0.0327. The zero-order valence-electron chi connectivity index (χ0n) is 24.1. The summed E-state index contributed by atoms with van der Waals surface area (Å²) in [6, 6.07) is 18.0. The number of nitrogens with one attached hydrogen (secondary N) is 1. The van der Waals surface area contributed by atoms with Crippen LogP contribution in [0.5, 0.6) is 0 Å². The van der Waals surface area contributed by atoms with Crippen molar-refractivity contribution >= 4 is 51.3 Å². The van der Waals surface area contributed by atoms with E-state index in [-0.39, 0.29) is 23.5 Å². The van der Waals surface area contributed by atoms with Crippen molar-refractivity contribution < 1.29 is 18.4 Å². The molecule has 0 saturated carbocycles. The number of likely N-dealkylation sites (tertiary alicyclic amines) is 1. The maximum absolute atomic E-state index is 13.9. The molecule has 1 saturated heterocycles. The molecule has 0 spiro atoms. The molecule has 2 aromatic heterocycles. The third-order valence-corrected chi connectivity index (χ3v) is 9.03. The van der Waals surface area contributed by atoms with Gasteiger partial charge in [-0.3, -0.25) is 9.59 Å². The summed E-state index contributed by atoms with van der Waals surface area (Å²) >= 11 is 1.58. The second kappa shape index (κ2) is 11.2. The first-order valence-electron chi connectivity index (χ1n) is 14.0. The van der Waals surface area contributed by atoms with Crippen LogP contribution in [0.25, 0.3) is 33.2 Å². The van der Waals surface area contributed by atoms with Gasteiger partial charge in [0.1, 0.15) is 17.2 Å². The Morgan fingerprint density at radius 1 is 1.10 bits per heavy atom. The minimum atomic E-state index is -0.359. The van der Waals surface area contributed by atoms with E-state index in [9.17, 15) is 14.0 Å². The van der Waals surface area contributed by atoms with E-state index in [1.54, 1.807) is 31.1 Å². The highest BCUT2D eigenvalue weighted by Crippen LogP contribution is 2.42. The number of furan rings is 1. The van der Waals surface area contributed by atoms with E-state index in [1.165, 1.54) is 12.1 Å². The largest absolute Gasteiger partial charge is 0.455 e. The first-order valence-corrected chi connectivity index (χ1v) is 15.2. The molecule has 0 aliphatic carbocycles. The molecule has 5 aromatic rings. The Bertz CT molecular complexity index is 1810. The van der Waals surface area contributed by atoms with Crippen molar-refractivity contribution in [2.45, 2.75) is 18.8 Å². The van der Waals surface area contributed by atoms with E-state index in [0.717, 1.165) is 35.0 Å². The molecular weight excluding hydrogens is 551 g/mol. The summed E-state index contributed by atoms with van der Waals surface area (Å²) in [7, 11) is 5.55. The van der Waals surface area contributed by atoms with Gasteiger partial charge < -0.3 is 23.5 Å². The highest BCUT2D eigenvalue weighted by atomic mass is 32.2. The standard InChI is InChI=1S/C33H33FN4O3S/c1-35-32(39)30-25-16-24(28(37(3)42-4)17-29(25)41-31(30)20-11-13-22(34)14-12-20)21-8-7-15-38(18-21)33(40)26-19-36(2)27-10-6-5-9-23(26)27/h5-6,9-14,16-17,19,21H,7-8,15,18H2,1-4H3,(H,35,39). The van der Waals surface area contributed by atoms with Crippen LogP contribution >= 0.6 is 11.9 Å². The number of anilines is 1. The summed E-state index contributed by atoms with van der Waals surface area (Å²) in [5.74, 6) is -0.141. The van der Waals surface area contributed by atoms with E-state index in [1.807, 2.05) is 66.3 Å². The normalized spacial score (nSPS) is 15.4. The van der Waals surface area contributed by atoms with Crippen molar-refractivity contribution in [3.05, 3.63) is 89.4 Å². The van der Waals surface area contributed by atoms with Gasteiger partial charge in [0.05, 0.1) is 16.8 Å². The van der Waals surface area contributed by atoms with Crippen LogP contribution in [0.15, 0.2) is 71.3 Å². The second-order valence-electron chi connectivity index (χ2n) is 10.7. The first kappa shape index (κ1) is 27.9. The molecule has 6 rings (SSSR count).